The lowest BCUT2D eigenvalue weighted by molar-refractivity contribution is 0.0545. The summed E-state index contributed by atoms with van der Waals surface area (Å²) in [5.41, 5.74) is 8.38. The average molecular weight is 452 g/mol. The molecule has 2 saturated heterocycles. The number of hydrogen-bond donors (Lipinski definition) is 2. The van der Waals surface area contributed by atoms with Crippen molar-refractivity contribution in [1.82, 2.24) is 9.80 Å². The lowest BCUT2D eigenvalue weighted by Crippen LogP contribution is -2.57. The molecule has 2 amide bonds. The summed E-state index contributed by atoms with van der Waals surface area (Å²) >= 11 is 0. The zero-order valence-electron chi connectivity index (χ0n) is 19.1. The van der Waals surface area contributed by atoms with E-state index in [1.54, 1.807) is 30.2 Å². The van der Waals surface area contributed by atoms with Crippen LogP contribution in [0.3, 0.4) is 0 Å². The SMILES string of the molecule is COC1CN(CC2CCN(Cc3ccccc3)CC2)C(=O)N(c2cccc(C(N)=NO)c2)C1. The molecule has 0 aliphatic carbocycles. The molecule has 2 aromatic carbocycles. The van der Waals surface area contributed by atoms with Gasteiger partial charge in [-0.2, -0.15) is 0 Å². The van der Waals surface area contributed by atoms with Crippen LogP contribution in [0.2, 0.25) is 0 Å². The van der Waals surface area contributed by atoms with Crippen LogP contribution in [0.25, 0.3) is 0 Å². The molecule has 33 heavy (non-hydrogen) atoms. The summed E-state index contributed by atoms with van der Waals surface area (Å²) in [7, 11) is 1.69. The molecule has 3 N–H and O–H groups in total. The van der Waals surface area contributed by atoms with Gasteiger partial charge in [0.1, 0.15) is 0 Å². The van der Waals surface area contributed by atoms with Gasteiger partial charge in [0, 0.05) is 31.5 Å². The van der Waals surface area contributed by atoms with Gasteiger partial charge >= 0.3 is 6.03 Å². The Bertz CT molecular complexity index is 960. The predicted octanol–water partition coefficient (Wildman–Crippen LogP) is 2.95. The third-order valence-corrected chi connectivity index (χ3v) is 6.64. The first-order valence-corrected chi connectivity index (χ1v) is 11.5. The molecule has 0 saturated carbocycles. The number of rotatable bonds is 7. The minimum Gasteiger partial charge on any atom is -0.409 e. The van der Waals surface area contributed by atoms with Crippen molar-refractivity contribution >= 4 is 17.6 Å². The zero-order chi connectivity index (χ0) is 23.2. The number of ether oxygens (including phenoxy) is 1. The summed E-state index contributed by atoms with van der Waals surface area (Å²) in [6.45, 7) is 4.86. The highest BCUT2D eigenvalue weighted by Crippen LogP contribution is 2.26. The second kappa shape index (κ2) is 10.7. The topological polar surface area (TPSA) is 94.6 Å². The molecule has 2 aliphatic heterocycles. The molecule has 1 unspecified atom stereocenters. The largest absolute Gasteiger partial charge is 0.409 e. The van der Waals surface area contributed by atoms with E-state index < -0.39 is 0 Å². The van der Waals surface area contributed by atoms with Gasteiger partial charge in [-0.05, 0) is 49.5 Å². The van der Waals surface area contributed by atoms with Crippen LogP contribution in [-0.2, 0) is 11.3 Å². The minimum absolute atomic E-state index is 0.0173. The molecule has 0 spiro atoms. The smallest absolute Gasteiger partial charge is 0.324 e. The molecule has 0 bridgehead atoms. The number of carbonyl (C=O) groups is 1. The standard InChI is InChI=1S/C25H33N5O3/c1-33-23-17-29(16-20-10-12-28(13-11-20)15-19-6-3-2-4-7-19)25(31)30(18-23)22-9-5-8-21(14-22)24(26)27-32/h2-9,14,20,23,32H,10-13,15-18H2,1H3,(H2,26,27). The molecule has 2 aromatic rings. The molecule has 8 nitrogen and oxygen atoms in total. The van der Waals surface area contributed by atoms with E-state index in [-0.39, 0.29) is 18.0 Å². The van der Waals surface area contributed by atoms with Crippen LogP contribution in [0.5, 0.6) is 0 Å². The number of nitrogens with zero attached hydrogens (tertiary/aromatic N) is 4. The molecule has 4 rings (SSSR count). The van der Waals surface area contributed by atoms with Gasteiger partial charge in [-0.15, -0.1) is 0 Å². The van der Waals surface area contributed by atoms with Crippen LogP contribution in [0.15, 0.2) is 59.8 Å². The highest BCUT2D eigenvalue weighted by Gasteiger charge is 2.34. The van der Waals surface area contributed by atoms with Gasteiger partial charge in [0.05, 0.1) is 19.2 Å². The molecule has 2 aliphatic rings. The van der Waals surface area contributed by atoms with Gasteiger partial charge < -0.3 is 20.6 Å². The van der Waals surface area contributed by atoms with Crippen molar-refractivity contribution in [3.8, 4) is 0 Å². The van der Waals surface area contributed by atoms with Crippen LogP contribution < -0.4 is 10.6 Å². The Morgan fingerprint density at radius 2 is 1.88 bits per heavy atom. The van der Waals surface area contributed by atoms with Gasteiger partial charge in [-0.3, -0.25) is 9.80 Å². The summed E-state index contributed by atoms with van der Waals surface area (Å²) in [5, 5.41) is 12.1. The Balaban J connectivity index is 1.39. The molecule has 176 valence electrons. The Morgan fingerprint density at radius 3 is 2.58 bits per heavy atom. The van der Waals surface area contributed by atoms with Crippen LogP contribution in [0.4, 0.5) is 10.5 Å². The number of amides is 2. The van der Waals surface area contributed by atoms with Crippen LogP contribution in [0, 0.1) is 5.92 Å². The third kappa shape index (κ3) is 5.64. The highest BCUT2D eigenvalue weighted by atomic mass is 16.5. The minimum atomic E-state index is -0.0756. The maximum atomic E-state index is 13.4. The number of carbonyl (C=O) groups excluding carboxylic acids is 1. The molecule has 2 heterocycles. The van der Waals surface area contributed by atoms with Crippen molar-refractivity contribution in [1.29, 1.82) is 0 Å². The number of anilines is 1. The normalized spacial score (nSPS) is 20.9. The van der Waals surface area contributed by atoms with E-state index in [9.17, 15) is 4.79 Å². The average Bonchev–Trinajstić information content (AvgIpc) is 2.86. The number of oxime groups is 1. The Hall–Kier alpha value is -3.10. The number of benzene rings is 2. The fraction of sp³-hybridized carbons (Fsp3) is 0.440. The van der Waals surface area contributed by atoms with Gasteiger partial charge in [-0.25, -0.2) is 4.79 Å². The number of amidine groups is 1. The zero-order valence-corrected chi connectivity index (χ0v) is 19.1. The number of likely N-dealkylation sites (tertiary alicyclic amines) is 1. The monoisotopic (exact) mass is 451 g/mol. The van der Waals surface area contributed by atoms with Crippen molar-refractivity contribution in [2.24, 2.45) is 16.8 Å². The second-order valence-electron chi connectivity index (χ2n) is 8.90. The lowest BCUT2D eigenvalue weighted by Gasteiger charge is -2.42. The van der Waals surface area contributed by atoms with Crippen LogP contribution in [-0.4, -0.2) is 72.8 Å². The second-order valence-corrected chi connectivity index (χ2v) is 8.90. The maximum Gasteiger partial charge on any atom is 0.324 e. The lowest BCUT2D eigenvalue weighted by atomic mass is 9.95. The van der Waals surface area contributed by atoms with E-state index in [1.165, 1.54) is 5.56 Å². The van der Waals surface area contributed by atoms with E-state index in [4.69, 9.17) is 15.7 Å². The van der Waals surface area contributed by atoms with Crippen molar-refractivity contribution in [2.45, 2.75) is 25.5 Å². The van der Waals surface area contributed by atoms with E-state index in [0.717, 1.165) is 39.0 Å². The number of hydrogen-bond acceptors (Lipinski definition) is 5. The van der Waals surface area contributed by atoms with E-state index >= 15 is 0 Å². The predicted molar refractivity (Wildman–Crippen MR) is 129 cm³/mol. The van der Waals surface area contributed by atoms with Gasteiger partial charge in [-0.1, -0.05) is 47.6 Å². The summed E-state index contributed by atoms with van der Waals surface area (Å²) in [5.74, 6) is 0.491. The summed E-state index contributed by atoms with van der Waals surface area (Å²) in [6, 6.07) is 17.7. The van der Waals surface area contributed by atoms with Crippen molar-refractivity contribution in [2.75, 3.05) is 44.7 Å². The third-order valence-electron chi connectivity index (χ3n) is 6.64. The first-order valence-electron chi connectivity index (χ1n) is 11.5. The molecular formula is C25H33N5O3. The van der Waals surface area contributed by atoms with E-state index in [0.29, 0.717) is 30.3 Å². The summed E-state index contributed by atoms with van der Waals surface area (Å²) in [4.78, 5) is 19.5. The first kappa shape index (κ1) is 23.1. The molecular weight excluding hydrogens is 418 g/mol. The van der Waals surface area contributed by atoms with Crippen LogP contribution >= 0.6 is 0 Å². The highest BCUT2D eigenvalue weighted by molar-refractivity contribution is 5.99. The fourth-order valence-corrected chi connectivity index (χ4v) is 4.72. The number of nitrogens with two attached hydrogens (primary N) is 1. The number of methoxy groups -OCH3 is 1. The maximum absolute atomic E-state index is 13.4. The van der Waals surface area contributed by atoms with E-state index in [2.05, 4.69) is 34.3 Å². The summed E-state index contributed by atoms with van der Waals surface area (Å²) in [6.07, 6.45) is 2.08. The Kier molecular flexibility index (Phi) is 7.47. The molecule has 1 atom stereocenters. The molecule has 8 heteroatoms. The number of urea groups is 1. The van der Waals surface area contributed by atoms with Gasteiger partial charge in [0.15, 0.2) is 5.84 Å². The van der Waals surface area contributed by atoms with Crippen molar-refractivity contribution in [3.05, 3.63) is 65.7 Å². The number of piperidine rings is 1. The molecule has 2 fully saturated rings. The van der Waals surface area contributed by atoms with Crippen LogP contribution in [0.1, 0.15) is 24.0 Å². The Morgan fingerprint density at radius 1 is 1.12 bits per heavy atom. The van der Waals surface area contributed by atoms with Crippen molar-refractivity contribution < 1.29 is 14.7 Å². The summed E-state index contributed by atoms with van der Waals surface area (Å²) < 4.78 is 5.66. The quantitative estimate of drug-likeness (QED) is 0.292. The molecule has 0 aromatic heterocycles. The fourth-order valence-electron chi connectivity index (χ4n) is 4.72. The van der Waals surface area contributed by atoms with Gasteiger partial charge in [0.2, 0.25) is 0 Å². The Labute approximate surface area is 195 Å². The molecule has 0 radical (unpaired) electrons. The van der Waals surface area contributed by atoms with Crippen molar-refractivity contribution in [3.63, 3.8) is 0 Å². The van der Waals surface area contributed by atoms with E-state index in [1.807, 2.05) is 17.0 Å². The van der Waals surface area contributed by atoms with Gasteiger partial charge in [0.25, 0.3) is 0 Å². The first-order chi connectivity index (χ1) is 16.1.